The van der Waals surface area contributed by atoms with E-state index in [2.05, 4.69) is 33.9 Å². The van der Waals surface area contributed by atoms with Gasteiger partial charge < -0.3 is 0 Å². The highest BCUT2D eigenvalue weighted by molar-refractivity contribution is 7.88. The molecule has 7 nitrogen and oxygen atoms in total. The van der Waals surface area contributed by atoms with Crippen molar-refractivity contribution in [2.24, 2.45) is 5.92 Å². The van der Waals surface area contributed by atoms with Crippen LogP contribution in [0.3, 0.4) is 0 Å². The molecule has 0 saturated carbocycles. The zero-order valence-corrected chi connectivity index (χ0v) is 17.2. The summed E-state index contributed by atoms with van der Waals surface area (Å²) in [6.45, 7) is 3.35. The summed E-state index contributed by atoms with van der Waals surface area (Å²) in [5.74, 6) is 0.121. The number of likely N-dealkylation sites (tertiary alicyclic amines) is 1. The van der Waals surface area contributed by atoms with Crippen molar-refractivity contribution in [3.05, 3.63) is 75.8 Å². The molecule has 1 aliphatic rings. The Balaban J connectivity index is 1.42. The van der Waals surface area contributed by atoms with Gasteiger partial charge >= 0.3 is 0 Å². The maximum atomic E-state index is 12.3. The highest BCUT2D eigenvalue weighted by Crippen LogP contribution is 2.22. The summed E-state index contributed by atoms with van der Waals surface area (Å²) in [5, 5.41) is 11.1. The van der Waals surface area contributed by atoms with Crippen LogP contribution < -0.4 is 4.72 Å². The molecule has 0 aliphatic carbocycles. The Labute approximate surface area is 171 Å². The van der Waals surface area contributed by atoms with E-state index in [1.807, 2.05) is 6.07 Å². The Bertz CT molecular complexity index is 911. The summed E-state index contributed by atoms with van der Waals surface area (Å²) >= 11 is 0. The van der Waals surface area contributed by atoms with Gasteiger partial charge in [0.15, 0.2) is 0 Å². The predicted octanol–water partition coefficient (Wildman–Crippen LogP) is 3.32. The fraction of sp³-hybridized carbons (Fsp3) is 0.429. The number of nitrogens with zero attached hydrogens (tertiary/aromatic N) is 2. The van der Waals surface area contributed by atoms with Crippen molar-refractivity contribution in [1.29, 1.82) is 0 Å². The molecule has 156 valence electrons. The maximum Gasteiger partial charge on any atom is 0.273 e. The van der Waals surface area contributed by atoms with Gasteiger partial charge in [0.05, 0.1) is 10.7 Å². The standard InChI is InChI=1S/C21H27N3O4S/c25-24(26)21-9-5-4-8-20(21)17-29(27,28)22-13-10-18-11-14-23(15-12-18)16-19-6-2-1-3-7-19/h1-9,18,22H,10-17H2. The molecule has 0 unspecified atom stereocenters. The van der Waals surface area contributed by atoms with Crippen molar-refractivity contribution in [3.8, 4) is 0 Å². The number of rotatable bonds is 9. The molecule has 0 aromatic heterocycles. The molecule has 1 fully saturated rings. The van der Waals surface area contributed by atoms with Gasteiger partial charge in [-0.2, -0.15) is 0 Å². The molecule has 0 amide bonds. The van der Waals surface area contributed by atoms with Crippen LogP contribution in [0, 0.1) is 16.0 Å². The number of sulfonamides is 1. The van der Waals surface area contributed by atoms with Crippen molar-refractivity contribution in [1.82, 2.24) is 9.62 Å². The number of nitro benzene ring substituents is 1. The highest BCUT2D eigenvalue weighted by Gasteiger charge is 2.22. The number of para-hydroxylation sites is 1. The first-order valence-electron chi connectivity index (χ1n) is 9.89. The topological polar surface area (TPSA) is 92.5 Å². The summed E-state index contributed by atoms with van der Waals surface area (Å²) in [5.41, 5.74) is 1.36. The first-order valence-corrected chi connectivity index (χ1v) is 11.5. The third-order valence-electron chi connectivity index (χ3n) is 5.36. The first-order chi connectivity index (χ1) is 13.9. The van der Waals surface area contributed by atoms with Gasteiger partial charge in [0, 0.05) is 24.7 Å². The van der Waals surface area contributed by atoms with Crippen LogP contribution in [0.4, 0.5) is 5.69 Å². The molecule has 0 spiro atoms. The second kappa shape index (κ2) is 9.96. The third kappa shape index (κ3) is 6.62. The molecule has 0 radical (unpaired) electrons. The van der Waals surface area contributed by atoms with E-state index < -0.39 is 14.9 Å². The monoisotopic (exact) mass is 417 g/mol. The largest absolute Gasteiger partial charge is 0.299 e. The van der Waals surface area contributed by atoms with Gasteiger partial charge in [-0.1, -0.05) is 48.5 Å². The summed E-state index contributed by atoms with van der Waals surface area (Å²) in [7, 11) is -3.61. The lowest BCUT2D eigenvalue weighted by molar-refractivity contribution is -0.385. The van der Waals surface area contributed by atoms with Gasteiger partial charge in [-0.3, -0.25) is 15.0 Å². The summed E-state index contributed by atoms with van der Waals surface area (Å²) in [4.78, 5) is 12.9. The van der Waals surface area contributed by atoms with Crippen LogP contribution in [-0.2, 0) is 22.3 Å². The zero-order chi connectivity index (χ0) is 20.7. The molecule has 1 saturated heterocycles. The zero-order valence-electron chi connectivity index (χ0n) is 16.4. The molecule has 0 atom stereocenters. The van der Waals surface area contributed by atoms with Gasteiger partial charge in [0.2, 0.25) is 10.0 Å². The lowest BCUT2D eigenvalue weighted by Crippen LogP contribution is -2.35. The second-order valence-electron chi connectivity index (χ2n) is 7.53. The van der Waals surface area contributed by atoms with Crippen LogP contribution in [0.1, 0.15) is 30.4 Å². The molecule has 1 aliphatic heterocycles. The Hall–Kier alpha value is -2.29. The quantitative estimate of drug-likeness (QED) is 0.499. The normalized spacial score (nSPS) is 16.0. The van der Waals surface area contributed by atoms with Crippen LogP contribution in [0.15, 0.2) is 54.6 Å². The van der Waals surface area contributed by atoms with E-state index in [0.29, 0.717) is 12.5 Å². The molecule has 29 heavy (non-hydrogen) atoms. The van der Waals surface area contributed by atoms with Crippen molar-refractivity contribution in [3.63, 3.8) is 0 Å². The molecule has 2 aromatic rings. The van der Waals surface area contributed by atoms with Gasteiger partial charge in [0.1, 0.15) is 0 Å². The lowest BCUT2D eigenvalue weighted by Gasteiger charge is -2.32. The number of nitro groups is 1. The second-order valence-corrected chi connectivity index (χ2v) is 9.34. The Morgan fingerprint density at radius 3 is 2.38 bits per heavy atom. The van der Waals surface area contributed by atoms with E-state index in [4.69, 9.17) is 0 Å². The highest BCUT2D eigenvalue weighted by atomic mass is 32.2. The smallest absolute Gasteiger partial charge is 0.273 e. The van der Waals surface area contributed by atoms with Crippen LogP contribution in [0.5, 0.6) is 0 Å². The Morgan fingerprint density at radius 1 is 1.03 bits per heavy atom. The molecule has 0 bridgehead atoms. The number of hydrogen-bond donors (Lipinski definition) is 1. The van der Waals surface area contributed by atoms with Crippen LogP contribution in [0.2, 0.25) is 0 Å². The Morgan fingerprint density at radius 2 is 1.69 bits per heavy atom. The fourth-order valence-corrected chi connectivity index (χ4v) is 4.94. The van der Waals surface area contributed by atoms with Gasteiger partial charge in [0.25, 0.3) is 5.69 Å². The minimum atomic E-state index is -3.61. The SMILES string of the molecule is O=[N+]([O-])c1ccccc1CS(=O)(=O)NCCC1CCN(Cc2ccccc2)CC1. The summed E-state index contributed by atoms with van der Waals surface area (Å²) in [6.07, 6.45) is 2.90. The van der Waals surface area contributed by atoms with E-state index in [9.17, 15) is 18.5 Å². The average Bonchev–Trinajstić information content (AvgIpc) is 2.70. The fourth-order valence-electron chi connectivity index (χ4n) is 3.76. The van der Waals surface area contributed by atoms with Crippen LogP contribution in [-0.4, -0.2) is 37.9 Å². The minimum absolute atomic E-state index is 0.163. The van der Waals surface area contributed by atoms with E-state index in [1.165, 1.54) is 23.8 Å². The first kappa shape index (κ1) is 21.4. The molecule has 1 N–H and O–H groups in total. The van der Waals surface area contributed by atoms with Crippen LogP contribution in [0.25, 0.3) is 0 Å². The number of nitrogens with one attached hydrogen (secondary N) is 1. The Kier molecular flexibility index (Phi) is 7.35. The lowest BCUT2D eigenvalue weighted by atomic mass is 9.93. The molecule has 1 heterocycles. The van der Waals surface area contributed by atoms with E-state index in [-0.39, 0.29) is 17.0 Å². The van der Waals surface area contributed by atoms with Crippen molar-refractivity contribution < 1.29 is 13.3 Å². The van der Waals surface area contributed by atoms with Crippen LogP contribution >= 0.6 is 0 Å². The average molecular weight is 418 g/mol. The summed E-state index contributed by atoms with van der Waals surface area (Å²) < 4.78 is 27.3. The molecular weight excluding hydrogens is 390 g/mol. The van der Waals surface area contributed by atoms with E-state index >= 15 is 0 Å². The van der Waals surface area contributed by atoms with Crippen molar-refractivity contribution in [2.75, 3.05) is 19.6 Å². The molecular formula is C21H27N3O4S. The predicted molar refractivity (Wildman–Crippen MR) is 113 cm³/mol. The summed E-state index contributed by atoms with van der Waals surface area (Å²) in [6, 6.07) is 16.4. The maximum absolute atomic E-state index is 12.3. The molecule has 8 heteroatoms. The van der Waals surface area contributed by atoms with Gasteiger partial charge in [-0.25, -0.2) is 13.1 Å². The van der Waals surface area contributed by atoms with Gasteiger partial charge in [-0.05, 0) is 43.8 Å². The van der Waals surface area contributed by atoms with E-state index in [0.717, 1.165) is 38.9 Å². The van der Waals surface area contributed by atoms with Gasteiger partial charge in [-0.15, -0.1) is 0 Å². The van der Waals surface area contributed by atoms with Crippen molar-refractivity contribution >= 4 is 15.7 Å². The number of piperidine rings is 1. The minimum Gasteiger partial charge on any atom is -0.299 e. The molecule has 3 rings (SSSR count). The molecule has 2 aromatic carbocycles. The number of benzene rings is 2. The van der Waals surface area contributed by atoms with E-state index in [1.54, 1.807) is 6.07 Å². The van der Waals surface area contributed by atoms with Crippen molar-refractivity contribution in [2.45, 2.75) is 31.6 Å². The third-order valence-corrected chi connectivity index (χ3v) is 6.70. The number of hydrogen-bond acceptors (Lipinski definition) is 5.